The predicted octanol–water partition coefficient (Wildman–Crippen LogP) is 1.53. The van der Waals surface area contributed by atoms with Crippen molar-refractivity contribution in [1.29, 1.82) is 0 Å². The minimum atomic E-state index is -0.881. The van der Waals surface area contributed by atoms with Gasteiger partial charge in [-0.1, -0.05) is 12.2 Å². The SMILES string of the molecule is C=C(C)COC(C)(C)C(=O)OC. The molecule has 0 aliphatic heterocycles. The van der Waals surface area contributed by atoms with Gasteiger partial charge in [-0.25, -0.2) is 4.79 Å². The first-order valence-electron chi connectivity index (χ1n) is 3.77. The third-order valence-corrected chi connectivity index (χ3v) is 1.36. The highest BCUT2D eigenvalue weighted by Gasteiger charge is 2.29. The molecule has 0 bridgehead atoms. The molecule has 0 spiro atoms. The molecule has 70 valence electrons. The Morgan fingerprint density at radius 3 is 2.33 bits per heavy atom. The number of ether oxygens (including phenoxy) is 2. The molecule has 0 aromatic rings. The van der Waals surface area contributed by atoms with E-state index in [2.05, 4.69) is 11.3 Å². The summed E-state index contributed by atoms with van der Waals surface area (Å²) >= 11 is 0. The van der Waals surface area contributed by atoms with Crippen LogP contribution in [0.4, 0.5) is 0 Å². The van der Waals surface area contributed by atoms with Crippen LogP contribution in [-0.2, 0) is 14.3 Å². The van der Waals surface area contributed by atoms with E-state index in [0.717, 1.165) is 5.57 Å². The molecular formula is C9H16O3. The summed E-state index contributed by atoms with van der Waals surface area (Å²) < 4.78 is 9.82. The van der Waals surface area contributed by atoms with E-state index in [1.54, 1.807) is 13.8 Å². The number of hydrogen-bond acceptors (Lipinski definition) is 3. The van der Waals surface area contributed by atoms with Crippen LogP contribution in [0.1, 0.15) is 20.8 Å². The summed E-state index contributed by atoms with van der Waals surface area (Å²) in [5.74, 6) is -0.372. The molecule has 0 aromatic carbocycles. The van der Waals surface area contributed by atoms with Crippen LogP contribution in [0.3, 0.4) is 0 Å². The van der Waals surface area contributed by atoms with Gasteiger partial charge in [0, 0.05) is 0 Å². The zero-order chi connectivity index (χ0) is 9.78. The normalized spacial score (nSPS) is 11.0. The maximum Gasteiger partial charge on any atom is 0.337 e. The zero-order valence-electron chi connectivity index (χ0n) is 8.14. The number of carbonyl (C=O) groups is 1. The van der Waals surface area contributed by atoms with E-state index in [1.165, 1.54) is 7.11 Å². The Bertz CT molecular complexity index is 182. The second kappa shape index (κ2) is 4.26. The lowest BCUT2D eigenvalue weighted by atomic mass is 10.1. The summed E-state index contributed by atoms with van der Waals surface area (Å²) in [6, 6.07) is 0. The van der Waals surface area contributed by atoms with Gasteiger partial charge in [0.2, 0.25) is 0 Å². The summed E-state index contributed by atoms with van der Waals surface area (Å²) in [5, 5.41) is 0. The first kappa shape index (κ1) is 11.2. The largest absolute Gasteiger partial charge is 0.467 e. The smallest absolute Gasteiger partial charge is 0.337 e. The van der Waals surface area contributed by atoms with E-state index in [-0.39, 0.29) is 5.97 Å². The van der Waals surface area contributed by atoms with E-state index >= 15 is 0 Å². The standard InChI is InChI=1S/C9H16O3/c1-7(2)6-12-9(3,4)8(10)11-5/h1,6H2,2-5H3. The molecule has 0 fully saturated rings. The van der Waals surface area contributed by atoms with Crippen LogP contribution in [0, 0.1) is 0 Å². The van der Waals surface area contributed by atoms with Gasteiger partial charge in [0.25, 0.3) is 0 Å². The van der Waals surface area contributed by atoms with Crippen molar-refractivity contribution >= 4 is 5.97 Å². The van der Waals surface area contributed by atoms with Crippen LogP contribution < -0.4 is 0 Å². The Hall–Kier alpha value is -0.830. The summed E-state index contributed by atoms with van der Waals surface area (Å²) in [6.07, 6.45) is 0. The molecule has 0 atom stereocenters. The second-order valence-corrected chi connectivity index (χ2v) is 3.25. The summed E-state index contributed by atoms with van der Waals surface area (Å²) in [5.41, 5.74) is 0.000211. The van der Waals surface area contributed by atoms with Gasteiger partial charge < -0.3 is 9.47 Å². The van der Waals surface area contributed by atoms with Crippen LogP contribution in [-0.4, -0.2) is 25.3 Å². The number of methoxy groups -OCH3 is 1. The average Bonchev–Trinajstić information content (AvgIpc) is 1.99. The molecule has 0 saturated carbocycles. The van der Waals surface area contributed by atoms with Gasteiger partial charge in [-0.05, 0) is 20.8 Å². The summed E-state index contributed by atoms with van der Waals surface area (Å²) in [6.45, 7) is 9.22. The summed E-state index contributed by atoms with van der Waals surface area (Å²) in [4.78, 5) is 11.1. The Kier molecular flexibility index (Phi) is 3.96. The minimum absolute atomic E-state index is 0.372. The lowest BCUT2D eigenvalue weighted by Gasteiger charge is -2.21. The van der Waals surface area contributed by atoms with Crippen molar-refractivity contribution in [3.05, 3.63) is 12.2 Å². The van der Waals surface area contributed by atoms with Gasteiger partial charge in [-0.2, -0.15) is 0 Å². The lowest BCUT2D eigenvalue weighted by Crippen LogP contribution is -2.36. The Labute approximate surface area is 73.4 Å². The first-order valence-corrected chi connectivity index (χ1v) is 3.77. The van der Waals surface area contributed by atoms with E-state index in [0.29, 0.717) is 6.61 Å². The van der Waals surface area contributed by atoms with Crippen molar-refractivity contribution in [2.24, 2.45) is 0 Å². The molecule has 0 aliphatic rings. The Morgan fingerprint density at radius 2 is 2.00 bits per heavy atom. The van der Waals surface area contributed by atoms with Gasteiger partial charge >= 0.3 is 5.97 Å². The van der Waals surface area contributed by atoms with Crippen LogP contribution >= 0.6 is 0 Å². The molecule has 3 nitrogen and oxygen atoms in total. The van der Waals surface area contributed by atoms with Crippen LogP contribution in [0.2, 0.25) is 0 Å². The van der Waals surface area contributed by atoms with E-state index in [4.69, 9.17) is 4.74 Å². The molecule has 0 N–H and O–H groups in total. The lowest BCUT2D eigenvalue weighted by molar-refractivity contribution is -0.163. The highest BCUT2D eigenvalue weighted by atomic mass is 16.6. The molecule has 12 heavy (non-hydrogen) atoms. The van der Waals surface area contributed by atoms with Crippen molar-refractivity contribution in [3.8, 4) is 0 Å². The minimum Gasteiger partial charge on any atom is -0.467 e. The van der Waals surface area contributed by atoms with Gasteiger partial charge in [0.05, 0.1) is 13.7 Å². The Balaban J connectivity index is 4.03. The monoisotopic (exact) mass is 172 g/mol. The van der Waals surface area contributed by atoms with Crippen molar-refractivity contribution in [2.75, 3.05) is 13.7 Å². The molecule has 0 aliphatic carbocycles. The van der Waals surface area contributed by atoms with Gasteiger partial charge in [-0.3, -0.25) is 0 Å². The summed E-state index contributed by atoms with van der Waals surface area (Å²) in [7, 11) is 1.34. The molecule has 0 heterocycles. The molecule has 3 heteroatoms. The van der Waals surface area contributed by atoms with Gasteiger partial charge in [-0.15, -0.1) is 0 Å². The molecule has 0 rings (SSSR count). The van der Waals surface area contributed by atoms with Crippen LogP contribution in [0.15, 0.2) is 12.2 Å². The molecule has 0 unspecified atom stereocenters. The fourth-order valence-corrected chi connectivity index (χ4v) is 0.608. The third kappa shape index (κ3) is 3.53. The van der Waals surface area contributed by atoms with Crippen LogP contribution in [0.25, 0.3) is 0 Å². The molecular weight excluding hydrogens is 156 g/mol. The fourth-order valence-electron chi connectivity index (χ4n) is 0.608. The van der Waals surface area contributed by atoms with E-state index < -0.39 is 5.60 Å². The van der Waals surface area contributed by atoms with Crippen molar-refractivity contribution in [3.63, 3.8) is 0 Å². The topological polar surface area (TPSA) is 35.5 Å². The maximum absolute atomic E-state index is 11.1. The second-order valence-electron chi connectivity index (χ2n) is 3.25. The van der Waals surface area contributed by atoms with Crippen molar-refractivity contribution in [1.82, 2.24) is 0 Å². The molecule has 0 saturated heterocycles. The molecule has 0 amide bonds. The van der Waals surface area contributed by atoms with Gasteiger partial charge in [0.15, 0.2) is 5.60 Å². The van der Waals surface area contributed by atoms with Crippen molar-refractivity contribution < 1.29 is 14.3 Å². The molecule has 0 radical (unpaired) electrons. The van der Waals surface area contributed by atoms with E-state index in [1.807, 2.05) is 6.92 Å². The maximum atomic E-state index is 11.1. The number of carbonyl (C=O) groups excluding carboxylic acids is 1. The van der Waals surface area contributed by atoms with Crippen molar-refractivity contribution in [2.45, 2.75) is 26.4 Å². The first-order chi connectivity index (χ1) is 5.40. The zero-order valence-corrected chi connectivity index (χ0v) is 8.14. The highest BCUT2D eigenvalue weighted by Crippen LogP contribution is 2.11. The van der Waals surface area contributed by atoms with Crippen LogP contribution in [0.5, 0.6) is 0 Å². The highest BCUT2D eigenvalue weighted by molar-refractivity contribution is 5.78. The predicted molar refractivity (Wildman–Crippen MR) is 46.9 cm³/mol. The Morgan fingerprint density at radius 1 is 1.50 bits per heavy atom. The fraction of sp³-hybridized carbons (Fsp3) is 0.667. The third-order valence-electron chi connectivity index (χ3n) is 1.36. The number of esters is 1. The number of hydrogen-bond donors (Lipinski definition) is 0. The van der Waals surface area contributed by atoms with E-state index in [9.17, 15) is 4.79 Å². The quantitative estimate of drug-likeness (QED) is 0.476. The van der Waals surface area contributed by atoms with Gasteiger partial charge in [0.1, 0.15) is 0 Å². The number of rotatable bonds is 4. The molecule has 0 aromatic heterocycles. The average molecular weight is 172 g/mol.